The number of ether oxygens (including phenoxy) is 1. The number of anilines is 1. The first-order valence-electron chi connectivity index (χ1n) is 10.7. The zero-order valence-electron chi connectivity index (χ0n) is 18.6. The number of likely N-dealkylation sites (tertiary alicyclic amines) is 1. The SMILES string of the molecule is C=Cc1cnc(N[C@H]2CCCN(C(=O)OC(C)(C)C)C2)nc1-c1c[nH]c2c(F)cccc12. The quantitative estimate of drug-likeness (QED) is 0.585. The fraction of sp³-hybridized carbons (Fsp3) is 0.375. The number of nitrogens with one attached hydrogen (secondary N) is 2. The van der Waals surface area contributed by atoms with Gasteiger partial charge in [-0.25, -0.2) is 19.2 Å². The molecule has 1 fully saturated rings. The average molecular weight is 438 g/mol. The number of rotatable bonds is 4. The second-order valence-electron chi connectivity index (χ2n) is 8.98. The Labute approximate surface area is 186 Å². The van der Waals surface area contributed by atoms with Crippen molar-refractivity contribution < 1.29 is 13.9 Å². The highest BCUT2D eigenvalue weighted by Gasteiger charge is 2.28. The van der Waals surface area contributed by atoms with Crippen LogP contribution in [-0.2, 0) is 4.74 Å². The minimum atomic E-state index is -0.533. The summed E-state index contributed by atoms with van der Waals surface area (Å²) in [4.78, 5) is 26.3. The maximum absolute atomic E-state index is 14.2. The molecule has 3 aromatic rings. The molecule has 1 amide bonds. The molecule has 1 aromatic carbocycles. The summed E-state index contributed by atoms with van der Waals surface area (Å²) in [7, 11) is 0. The number of para-hydroxylation sites is 1. The van der Waals surface area contributed by atoms with Gasteiger partial charge in [0, 0.05) is 48.0 Å². The van der Waals surface area contributed by atoms with Crippen molar-refractivity contribution in [2.75, 3.05) is 18.4 Å². The van der Waals surface area contributed by atoms with E-state index in [1.165, 1.54) is 6.07 Å². The van der Waals surface area contributed by atoms with Gasteiger partial charge >= 0.3 is 6.09 Å². The Morgan fingerprint density at radius 1 is 1.41 bits per heavy atom. The van der Waals surface area contributed by atoms with Crippen LogP contribution in [0.5, 0.6) is 0 Å². The lowest BCUT2D eigenvalue weighted by atomic mass is 10.1. The number of halogens is 1. The van der Waals surface area contributed by atoms with Gasteiger partial charge in [-0.15, -0.1) is 0 Å². The zero-order valence-corrected chi connectivity index (χ0v) is 18.6. The molecule has 7 nitrogen and oxygen atoms in total. The van der Waals surface area contributed by atoms with Gasteiger partial charge in [-0.3, -0.25) is 0 Å². The second-order valence-corrected chi connectivity index (χ2v) is 8.98. The molecule has 2 aromatic heterocycles. The van der Waals surface area contributed by atoms with Crippen molar-refractivity contribution >= 4 is 29.0 Å². The molecule has 0 aliphatic carbocycles. The minimum Gasteiger partial charge on any atom is -0.444 e. The normalized spacial score (nSPS) is 16.8. The van der Waals surface area contributed by atoms with E-state index in [4.69, 9.17) is 9.72 Å². The Morgan fingerprint density at radius 2 is 2.22 bits per heavy atom. The first-order valence-corrected chi connectivity index (χ1v) is 10.7. The average Bonchev–Trinajstić information content (AvgIpc) is 3.18. The first-order chi connectivity index (χ1) is 15.2. The van der Waals surface area contributed by atoms with Crippen molar-refractivity contribution in [3.8, 4) is 11.3 Å². The van der Waals surface area contributed by atoms with Crippen LogP contribution in [0.25, 0.3) is 28.2 Å². The molecular weight excluding hydrogens is 409 g/mol. The molecule has 0 unspecified atom stereocenters. The van der Waals surface area contributed by atoms with Crippen molar-refractivity contribution in [1.82, 2.24) is 19.9 Å². The molecule has 3 heterocycles. The summed E-state index contributed by atoms with van der Waals surface area (Å²) in [6, 6.07) is 4.95. The van der Waals surface area contributed by atoms with Crippen LogP contribution in [0.4, 0.5) is 15.1 Å². The Morgan fingerprint density at radius 3 is 2.97 bits per heavy atom. The lowest BCUT2D eigenvalue weighted by Gasteiger charge is -2.34. The van der Waals surface area contributed by atoms with Gasteiger partial charge in [-0.1, -0.05) is 24.8 Å². The van der Waals surface area contributed by atoms with E-state index >= 15 is 0 Å². The fourth-order valence-corrected chi connectivity index (χ4v) is 3.91. The van der Waals surface area contributed by atoms with Crippen LogP contribution in [0.3, 0.4) is 0 Å². The number of piperidine rings is 1. The third-order valence-electron chi connectivity index (χ3n) is 5.36. The van der Waals surface area contributed by atoms with Crippen molar-refractivity contribution in [1.29, 1.82) is 0 Å². The highest BCUT2D eigenvalue weighted by Crippen LogP contribution is 2.32. The van der Waals surface area contributed by atoms with Gasteiger partial charge in [-0.2, -0.15) is 0 Å². The summed E-state index contributed by atoms with van der Waals surface area (Å²) in [5, 5.41) is 4.09. The minimum absolute atomic E-state index is 0.000821. The Balaban J connectivity index is 1.57. The molecule has 1 saturated heterocycles. The summed E-state index contributed by atoms with van der Waals surface area (Å²) in [6.07, 6.45) is 6.56. The number of nitrogens with zero attached hydrogens (tertiary/aromatic N) is 3. The van der Waals surface area contributed by atoms with Crippen molar-refractivity contribution in [2.45, 2.75) is 45.3 Å². The number of H-pyrrole nitrogens is 1. The molecule has 8 heteroatoms. The van der Waals surface area contributed by atoms with E-state index in [-0.39, 0.29) is 18.0 Å². The summed E-state index contributed by atoms with van der Waals surface area (Å²) >= 11 is 0. The van der Waals surface area contributed by atoms with Crippen LogP contribution in [-0.4, -0.2) is 50.7 Å². The number of hydrogen-bond donors (Lipinski definition) is 2. The van der Waals surface area contributed by atoms with E-state index in [9.17, 15) is 9.18 Å². The van der Waals surface area contributed by atoms with Gasteiger partial charge in [0.15, 0.2) is 0 Å². The number of aromatic amines is 1. The largest absolute Gasteiger partial charge is 0.444 e. The monoisotopic (exact) mass is 437 g/mol. The van der Waals surface area contributed by atoms with Gasteiger partial charge in [0.05, 0.1) is 11.2 Å². The summed E-state index contributed by atoms with van der Waals surface area (Å²) in [5.74, 6) is 0.137. The predicted octanol–water partition coefficient (Wildman–Crippen LogP) is 5.22. The Bertz CT molecular complexity index is 1150. The van der Waals surface area contributed by atoms with Crippen LogP contribution in [0.1, 0.15) is 39.2 Å². The number of carbonyl (C=O) groups excluding carboxylic acids is 1. The fourth-order valence-electron chi connectivity index (χ4n) is 3.91. The highest BCUT2D eigenvalue weighted by molar-refractivity contribution is 5.96. The van der Waals surface area contributed by atoms with E-state index < -0.39 is 5.60 Å². The third kappa shape index (κ3) is 4.59. The van der Waals surface area contributed by atoms with Gasteiger partial charge < -0.3 is 19.9 Å². The van der Waals surface area contributed by atoms with E-state index in [0.717, 1.165) is 29.4 Å². The summed E-state index contributed by atoms with van der Waals surface area (Å²) < 4.78 is 19.7. The smallest absolute Gasteiger partial charge is 0.410 e. The molecular formula is C24H28FN5O2. The molecule has 168 valence electrons. The number of benzene rings is 1. The topological polar surface area (TPSA) is 83.1 Å². The molecule has 4 rings (SSSR count). The molecule has 0 radical (unpaired) electrons. The summed E-state index contributed by atoms with van der Waals surface area (Å²) in [5.41, 5.74) is 2.09. The zero-order chi connectivity index (χ0) is 22.9. The molecule has 1 aliphatic rings. The lowest BCUT2D eigenvalue weighted by Crippen LogP contribution is -2.47. The van der Waals surface area contributed by atoms with Crippen molar-refractivity contribution in [2.24, 2.45) is 0 Å². The van der Waals surface area contributed by atoms with Crippen LogP contribution >= 0.6 is 0 Å². The molecule has 0 spiro atoms. The van der Waals surface area contributed by atoms with E-state index in [1.54, 1.807) is 29.4 Å². The number of carbonyl (C=O) groups is 1. The van der Waals surface area contributed by atoms with Crippen LogP contribution < -0.4 is 5.32 Å². The van der Waals surface area contributed by atoms with Crippen LogP contribution in [0.2, 0.25) is 0 Å². The van der Waals surface area contributed by atoms with E-state index in [2.05, 4.69) is 21.9 Å². The van der Waals surface area contributed by atoms with Crippen LogP contribution in [0, 0.1) is 5.82 Å². The van der Waals surface area contributed by atoms with Gasteiger partial charge in [0.1, 0.15) is 11.4 Å². The maximum Gasteiger partial charge on any atom is 0.410 e. The van der Waals surface area contributed by atoms with E-state index in [0.29, 0.717) is 30.2 Å². The molecule has 1 aliphatic heterocycles. The number of amides is 1. The van der Waals surface area contributed by atoms with E-state index in [1.807, 2.05) is 26.8 Å². The van der Waals surface area contributed by atoms with Crippen molar-refractivity contribution in [3.05, 3.63) is 48.6 Å². The van der Waals surface area contributed by atoms with Crippen LogP contribution in [0.15, 0.2) is 37.2 Å². The predicted molar refractivity (Wildman–Crippen MR) is 124 cm³/mol. The third-order valence-corrected chi connectivity index (χ3v) is 5.36. The number of hydrogen-bond acceptors (Lipinski definition) is 5. The molecule has 1 atom stereocenters. The molecule has 32 heavy (non-hydrogen) atoms. The first kappa shape index (κ1) is 21.8. The Kier molecular flexibility index (Phi) is 5.86. The van der Waals surface area contributed by atoms with Gasteiger partial charge in [0.25, 0.3) is 0 Å². The molecule has 2 N–H and O–H groups in total. The lowest BCUT2D eigenvalue weighted by molar-refractivity contribution is 0.0206. The van der Waals surface area contributed by atoms with Crippen molar-refractivity contribution in [3.63, 3.8) is 0 Å². The van der Waals surface area contributed by atoms with Gasteiger partial charge in [0.2, 0.25) is 5.95 Å². The number of aromatic nitrogens is 3. The highest BCUT2D eigenvalue weighted by atomic mass is 19.1. The molecule has 0 saturated carbocycles. The number of fused-ring (bicyclic) bond motifs is 1. The second kappa shape index (κ2) is 8.61. The molecule has 0 bridgehead atoms. The summed E-state index contributed by atoms with van der Waals surface area (Å²) in [6.45, 7) is 10.6. The van der Waals surface area contributed by atoms with Gasteiger partial charge in [-0.05, 0) is 39.7 Å². The Hall–Kier alpha value is -3.42. The maximum atomic E-state index is 14.2. The standard InChI is InChI=1S/C24H28FN5O2/c1-5-15-12-27-22(28-16-8-7-11-30(14-16)23(31)32-24(2,3)4)29-20(15)18-13-26-21-17(18)9-6-10-19(21)25/h5-6,9-10,12-13,16,26H,1,7-8,11,14H2,2-4H3,(H,27,28,29)/t16-/m0/s1.